The van der Waals surface area contributed by atoms with Gasteiger partial charge in [0.25, 0.3) is 5.91 Å². The number of carbonyl (C=O) groups excluding carboxylic acids is 1. The third-order valence-electron chi connectivity index (χ3n) is 5.41. The van der Waals surface area contributed by atoms with Crippen LogP contribution in [0.1, 0.15) is 35.5 Å². The summed E-state index contributed by atoms with van der Waals surface area (Å²) in [5, 5.41) is 7.18. The summed E-state index contributed by atoms with van der Waals surface area (Å²) >= 11 is 0. The second-order valence-corrected chi connectivity index (χ2v) is 7.54. The number of nitrogens with zero attached hydrogens (tertiary/aromatic N) is 2. The number of aromatic nitrogens is 1. The van der Waals surface area contributed by atoms with Crippen LogP contribution in [0, 0.1) is 5.41 Å². The number of rotatable bonds is 7. The first-order chi connectivity index (χ1) is 15.5. The van der Waals surface area contributed by atoms with Crippen molar-refractivity contribution in [2.24, 2.45) is 5.73 Å². The van der Waals surface area contributed by atoms with Gasteiger partial charge in [-0.05, 0) is 49.0 Å². The zero-order valence-corrected chi connectivity index (χ0v) is 18.6. The van der Waals surface area contributed by atoms with Crippen LogP contribution >= 0.6 is 0 Å². The predicted octanol–water partition coefficient (Wildman–Crippen LogP) is 4.79. The number of alkyl halides is 3. The zero-order chi connectivity index (χ0) is 24.3. The Kier molecular flexibility index (Phi) is 6.97. The van der Waals surface area contributed by atoms with Crippen molar-refractivity contribution in [3.63, 3.8) is 0 Å². The summed E-state index contributed by atoms with van der Waals surface area (Å²) in [6, 6.07) is 10.5. The van der Waals surface area contributed by atoms with Crippen molar-refractivity contribution in [1.82, 2.24) is 14.8 Å². The molecule has 7 nitrogen and oxygen atoms in total. The van der Waals surface area contributed by atoms with Crippen molar-refractivity contribution in [2.75, 3.05) is 20.1 Å². The molecule has 2 aromatic carbocycles. The topological polar surface area (TPSA) is 98.4 Å². The van der Waals surface area contributed by atoms with Crippen LogP contribution < -0.4 is 10.5 Å². The second-order valence-electron chi connectivity index (χ2n) is 7.54. The average Bonchev–Trinajstić information content (AvgIpc) is 3.22. The van der Waals surface area contributed by atoms with Gasteiger partial charge < -0.3 is 15.5 Å². The largest absolute Gasteiger partial charge is 0.455 e. The highest BCUT2D eigenvalue weighted by molar-refractivity contribution is 6.06. The molecule has 0 atom stereocenters. The van der Waals surface area contributed by atoms with E-state index in [0.717, 1.165) is 42.2 Å². The number of aromatic amines is 1. The summed E-state index contributed by atoms with van der Waals surface area (Å²) in [6.45, 7) is 6.79. The van der Waals surface area contributed by atoms with Crippen LogP contribution in [-0.4, -0.2) is 46.8 Å². The molecule has 4 N–H and O–H groups in total. The lowest BCUT2D eigenvalue weighted by Gasteiger charge is -2.18. The standard InChI is InChI=1S/C23H26F3N5O2/c1-4-31(5-2)13-14-6-8-15(9-7-14)33-19-11-10-17(23(24,25)26)16-12-18(29-20(16)19)21(32)30(3)22(27)28/h6-12,29H,4-5,13H2,1-3H3,(H3,27,28). The van der Waals surface area contributed by atoms with Crippen molar-refractivity contribution in [2.45, 2.75) is 26.6 Å². The number of nitrogens with one attached hydrogen (secondary N) is 2. The number of benzene rings is 2. The molecule has 0 fully saturated rings. The fourth-order valence-corrected chi connectivity index (χ4v) is 3.43. The number of fused-ring (bicyclic) bond motifs is 1. The van der Waals surface area contributed by atoms with Gasteiger partial charge >= 0.3 is 6.18 Å². The summed E-state index contributed by atoms with van der Waals surface area (Å²) in [6.07, 6.45) is -4.63. The van der Waals surface area contributed by atoms with E-state index >= 15 is 0 Å². The molecule has 1 aromatic heterocycles. The van der Waals surface area contributed by atoms with Gasteiger partial charge in [0, 0.05) is 19.0 Å². The molecular weight excluding hydrogens is 435 g/mol. The molecule has 0 saturated carbocycles. The number of nitrogens with two attached hydrogens (primary N) is 1. The van der Waals surface area contributed by atoms with Gasteiger partial charge in [0.1, 0.15) is 11.4 Å². The third kappa shape index (κ3) is 5.28. The number of hydrogen-bond acceptors (Lipinski definition) is 4. The molecule has 10 heteroatoms. The van der Waals surface area contributed by atoms with Gasteiger partial charge in [-0.3, -0.25) is 20.0 Å². The fourth-order valence-electron chi connectivity index (χ4n) is 3.43. The van der Waals surface area contributed by atoms with Gasteiger partial charge in [0.15, 0.2) is 11.7 Å². The predicted molar refractivity (Wildman–Crippen MR) is 120 cm³/mol. The van der Waals surface area contributed by atoms with Crippen LogP contribution in [0.3, 0.4) is 0 Å². The Morgan fingerprint density at radius 1 is 1.12 bits per heavy atom. The Labute approximate surface area is 189 Å². The molecule has 33 heavy (non-hydrogen) atoms. The Morgan fingerprint density at radius 2 is 1.76 bits per heavy atom. The number of halogens is 3. The molecule has 0 aliphatic rings. The first-order valence-electron chi connectivity index (χ1n) is 10.4. The van der Waals surface area contributed by atoms with Gasteiger partial charge in [0.05, 0.1) is 11.1 Å². The van der Waals surface area contributed by atoms with Gasteiger partial charge in [0.2, 0.25) is 0 Å². The van der Waals surface area contributed by atoms with Gasteiger partial charge in [-0.1, -0.05) is 26.0 Å². The first kappa shape index (κ1) is 24.1. The summed E-state index contributed by atoms with van der Waals surface area (Å²) in [5.74, 6) is -0.684. The Bertz CT molecular complexity index is 1150. The lowest BCUT2D eigenvalue weighted by atomic mass is 10.1. The molecule has 0 radical (unpaired) electrons. The van der Waals surface area contributed by atoms with Crippen LogP contribution in [0.15, 0.2) is 42.5 Å². The normalized spacial score (nSPS) is 11.7. The highest BCUT2D eigenvalue weighted by Crippen LogP contribution is 2.40. The fraction of sp³-hybridized carbons (Fsp3) is 0.304. The molecule has 176 valence electrons. The maximum absolute atomic E-state index is 13.6. The summed E-state index contributed by atoms with van der Waals surface area (Å²) in [7, 11) is 1.26. The Hall–Kier alpha value is -3.53. The van der Waals surface area contributed by atoms with E-state index < -0.39 is 23.6 Å². The summed E-state index contributed by atoms with van der Waals surface area (Å²) in [5.41, 5.74) is 5.40. The number of amides is 1. The van der Waals surface area contributed by atoms with Crippen LogP contribution in [-0.2, 0) is 12.7 Å². The van der Waals surface area contributed by atoms with E-state index in [1.54, 1.807) is 12.1 Å². The van der Waals surface area contributed by atoms with E-state index in [-0.39, 0.29) is 22.3 Å². The van der Waals surface area contributed by atoms with Crippen molar-refractivity contribution >= 4 is 22.8 Å². The second kappa shape index (κ2) is 9.53. The average molecular weight is 461 g/mol. The minimum Gasteiger partial charge on any atom is -0.455 e. The van der Waals surface area contributed by atoms with Crippen LogP contribution in [0.25, 0.3) is 10.9 Å². The van der Waals surface area contributed by atoms with E-state index in [1.165, 1.54) is 13.1 Å². The molecule has 0 aliphatic heterocycles. The number of ether oxygens (including phenoxy) is 1. The Morgan fingerprint density at radius 3 is 2.30 bits per heavy atom. The number of guanidine groups is 1. The van der Waals surface area contributed by atoms with E-state index in [0.29, 0.717) is 5.75 Å². The SMILES string of the molecule is CCN(CC)Cc1ccc(Oc2ccc(C(F)(F)F)c3cc(C(=O)N(C)C(=N)N)[nH]c23)cc1. The molecule has 0 spiro atoms. The number of hydrogen-bond donors (Lipinski definition) is 3. The lowest BCUT2D eigenvalue weighted by molar-refractivity contribution is -0.136. The molecule has 0 saturated heterocycles. The van der Waals surface area contributed by atoms with Crippen LogP contribution in [0.2, 0.25) is 0 Å². The minimum absolute atomic E-state index is 0.0253. The van der Waals surface area contributed by atoms with Gasteiger partial charge in [-0.15, -0.1) is 0 Å². The Balaban J connectivity index is 1.98. The lowest BCUT2D eigenvalue weighted by Crippen LogP contribution is -2.38. The molecule has 1 amide bonds. The molecule has 0 unspecified atom stereocenters. The van der Waals surface area contributed by atoms with Gasteiger partial charge in [-0.2, -0.15) is 13.2 Å². The smallest absolute Gasteiger partial charge is 0.417 e. The van der Waals surface area contributed by atoms with E-state index in [4.69, 9.17) is 15.9 Å². The van der Waals surface area contributed by atoms with Crippen molar-refractivity contribution in [3.05, 3.63) is 59.3 Å². The zero-order valence-electron chi connectivity index (χ0n) is 18.6. The molecule has 0 aliphatic carbocycles. The third-order valence-corrected chi connectivity index (χ3v) is 5.41. The monoisotopic (exact) mass is 461 g/mol. The van der Waals surface area contributed by atoms with Crippen LogP contribution in [0.5, 0.6) is 11.5 Å². The van der Waals surface area contributed by atoms with E-state index in [1.807, 2.05) is 12.1 Å². The maximum atomic E-state index is 13.6. The van der Waals surface area contributed by atoms with E-state index in [2.05, 4.69) is 23.7 Å². The molecular formula is C23H26F3N5O2. The summed E-state index contributed by atoms with van der Waals surface area (Å²) < 4.78 is 46.6. The molecule has 3 rings (SSSR count). The number of carbonyl (C=O) groups is 1. The minimum atomic E-state index is -4.63. The maximum Gasteiger partial charge on any atom is 0.417 e. The van der Waals surface area contributed by atoms with Crippen molar-refractivity contribution in [3.8, 4) is 11.5 Å². The van der Waals surface area contributed by atoms with E-state index in [9.17, 15) is 18.0 Å². The summed E-state index contributed by atoms with van der Waals surface area (Å²) in [4.78, 5) is 18.3. The molecule has 0 bridgehead atoms. The van der Waals surface area contributed by atoms with Crippen LogP contribution in [0.4, 0.5) is 13.2 Å². The van der Waals surface area contributed by atoms with Gasteiger partial charge in [-0.25, -0.2) is 0 Å². The number of H-pyrrole nitrogens is 1. The van der Waals surface area contributed by atoms with Crippen molar-refractivity contribution < 1.29 is 22.7 Å². The first-order valence-corrected chi connectivity index (χ1v) is 10.4. The molecule has 1 heterocycles. The van der Waals surface area contributed by atoms with Crippen molar-refractivity contribution in [1.29, 1.82) is 5.41 Å². The quantitative estimate of drug-likeness (QED) is 0.348. The highest BCUT2D eigenvalue weighted by atomic mass is 19.4. The molecule has 3 aromatic rings. The highest BCUT2D eigenvalue weighted by Gasteiger charge is 2.34.